The molecule has 23 heavy (non-hydrogen) atoms. The van der Waals surface area contributed by atoms with Crippen LogP contribution in [0.1, 0.15) is 39.7 Å². The van der Waals surface area contributed by atoms with Crippen molar-refractivity contribution in [1.29, 1.82) is 0 Å². The molecule has 1 saturated heterocycles. The summed E-state index contributed by atoms with van der Waals surface area (Å²) in [7, 11) is 1.47. The minimum absolute atomic E-state index is 0.0259. The number of hydrogen-bond acceptors (Lipinski definition) is 5. The smallest absolute Gasteiger partial charge is 0.267 e. The number of carbonyl (C=O) groups is 1. The Morgan fingerprint density at radius 2 is 2.13 bits per heavy atom. The summed E-state index contributed by atoms with van der Waals surface area (Å²) in [6.07, 6.45) is 1.47. The van der Waals surface area contributed by atoms with Crippen molar-refractivity contribution >= 4 is 17.4 Å². The Labute approximate surface area is 138 Å². The largest absolute Gasteiger partial charge is 0.494 e. The zero-order valence-corrected chi connectivity index (χ0v) is 13.9. The van der Waals surface area contributed by atoms with Gasteiger partial charge in [0.1, 0.15) is 4.88 Å². The Hall–Kier alpha value is -2.02. The van der Waals surface area contributed by atoms with E-state index in [9.17, 15) is 9.18 Å². The lowest BCUT2D eigenvalue weighted by atomic mass is 9.89. The standard InChI is InChI=1S/C16H18FN3O2S/c1-10-15(23-19-18-10)16(21)20-8-6-11(7-9-20)12-4-3-5-13(22-2)14(12)17/h3-5,11H,6-9H2,1-2H3. The Morgan fingerprint density at radius 1 is 1.39 bits per heavy atom. The zero-order valence-electron chi connectivity index (χ0n) is 13.1. The number of halogens is 1. The van der Waals surface area contributed by atoms with E-state index in [4.69, 9.17) is 4.74 Å². The Balaban J connectivity index is 1.69. The van der Waals surface area contributed by atoms with Crippen LogP contribution < -0.4 is 4.74 Å². The van der Waals surface area contributed by atoms with Gasteiger partial charge in [0.2, 0.25) is 0 Å². The number of amides is 1. The van der Waals surface area contributed by atoms with Gasteiger partial charge < -0.3 is 9.64 Å². The van der Waals surface area contributed by atoms with Gasteiger partial charge in [-0.25, -0.2) is 4.39 Å². The zero-order chi connectivity index (χ0) is 16.4. The lowest BCUT2D eigenvalue weighted by molar-refractivity contribution is 0.0716. The first-order valence-corrected chi connectivity index (χ1v) is 8.29. The molecule has 7 heteroatoms. The molecule has 122 valence electrons. The maximum absolute atomic E-state index is 14.4. The highest BCUT2D eigenvalue weighted by Crippen LogP contribution is 2.33. The van der Waals surface area contributed by atoms with E-state index in [2.05, 4.69) is 9.59 Å². The highest BCUT2D eigenvalue weighted by molar-refractivity contribution is 7.07. The number of nitrogens with zero attached hydrogens (tertiary/aromatic N) is 3. The summed E-state index contributed by atoms with van der Waals surface area (Å²) in [5.41, 5.74) is 1.34. The molecular formula is C16H18FN3O2S. The highest BCUT2D eigenvalue weighted by Gasteiger charge is 2.28. The average Bonchev–Trinajstić information content (AvgIpc) is 3.01. The van der Waals surface area contributed by atoms with Crippen LogP contribution in [0.5, 0.6) is 5.75 Å². The molecule has 0 atom stereocenters. The van der Waals surface area contributed by atoms with Crippen molar-refractivity contribution in [3.63, 3.8) is 0 Å². The van der Waals surface area contributed by atoms with E-state index in [0.717, 1.165) is 24.4 Å². The molecule has 5 nitrogen and oxygen atoms in total. The van der Waals surface area contributed by atoms with Crippen LogP contribution in [0.15, 0.2) is 18.2 Å². The van der Waals surface area contributed by atoms with Gasteiger partial charge in [-0.1, -0.05) is 16.6 Å². The first kappa shape index (κ1) is 15.9. The number of likely N-dealkylation sites (tertiary alicyclic amines) is 1. The number of piperidine rings is 1. The maximum atomic E-state index is 14.4. The van der Waals surface area contributed by atoms with Crippen LogP contribution >= 0.6 is 11.5 Å². The first-order chi connectivity index (χ1) is 11.1. The molecule has 0 radical (unpaired) electrons. The van der Waals surface area contributed by atoms with E-state index < -0.39 is 0 Å². The summed E-state index contributed by atoms with van der Waals surface area (Å²) in [5.74, 6) is 0.0616. The minimum atomic E-state index is -0.290. The van der Waals surface area contributed by atoms with Gasteiger partial charge in [-0.15, -0.1) is 5.10 Å². The van der Waals surface area contributed by atoms with Crippen molar-refractivity contribution in [3.05, 3.63) is 40.2 Å². The third kappa shape index (κ3) is 3.06. The molecule has 0 spiro atoms. The average molecular weight is 335 g/mol. The summed E-state index contributed by atoms with van der Waals surface area (Å²) in [4.78, 5) is 14.9. The third-order valence-corrected chi connectivity index (χ3v) is 5.10. The van der Waals surface area contributed by atoms with Crippen molar-refractivity contribution in [2.45, 2.75) is 25.7 Å². The van der Waals surface area contributed by atoms with Crippen LogP contribution in [0.2, 0.25) is 0 Å². The fourth-order valence-electron chi connectivity index (χ4n) is 2.97. The fourth-order valence-corrected chi connectivity index (χ4v) is 3.59. The molecule has 1 amide bonds. The SMILES string of the molecule is COc1cccc(C2CCN(C(=O)c3snnc3C)CC2)c1F. The number of ether oxygens (including phenoxy) is 1. The monoisotopic (exact) mass is 335 g/mol. The number of aromatic nitrogens is 2. The van der Waals surface area contributed by atoms with Gasteiger partial charge in [-0.05, 0) is 48.8 Å². The van der Waals surface area contributed by atoms with E-state index in [1.54, 1.807) is 30.0 Å². The van der Waals surface area contributed by atoms with Gasteiger partial charge in [0, 0.05) is 13.1 Å². The minimum Gasteiger partial charge on any atom is -0.494 e. The fraction of sp³-hybridized carbons (Fsp3) is 0.438. The Morgan fingerprint density at radius 3 is 2.74 bits per heavy atom. The molecule has 0 N–H and O–H groups in total. The number of aryl methyl sites for hydroxylation is 1. The lowest BCUT2D eigenvalue weighted by Gasteiger charge is -2.32. The summed E-state index contributed by atoms with van der Waals surface area (Å²) < 4.78 is 23.2. The Bertz CT molecular complexity index is 711. The predicted molar refractivity (Wildman–Crippen MR) is 85.5 cm³/mol. The van der Waals surface area contributed by atoms with Gasteiger partial charge in [-0.3, -0.25) is 4.79 Å². The lowest BCUT2D eigenvalue weighted by Crippen LogP contribution is -2.38. The second-order valence-electron chi connectivity index (χ2n) is 5.62. The van der Waals surface area contributed by atoms with Crippen LogP contribution in [0.25, 0.3) is 0 Å². The number of methoxy groups -OCH3 is 1. The third-order valence-electron chi connectivity index (χ3n) is 4.28. The van der Waals surface area contributed by atoms with Crippen molar-refractivity contribution in [1.82, 2.24) is 14.5 Å². The normalized spacial score (nSPS) is 15.7. The van der Waals surface area contributed by atoms with Gasteiger partial charge in [0.05, 0.1) is 12.8 Å². The number of benzene rings is 1. The second-order valence-corrected chi connectivity index (χ2v) is 6.37. The number of hydrogen-bond donors (Lipinski definition) is 0. The van der Waals surface area contributed by atoms with E-state index in [0.29, 0.717) is 29.2 Å². The number of rotatable bonds is 3. The van der Waals surface area contributed by atoms with Crippen molar-refractivity contribution in [2.75, 3.05) is 20.2 Å². The van der Waals surface area contributed by atoms with Crippen LogP contribution in [0.4, 0.5) is 4.39 Å². The molecule has 0 aliphatic carbocycles. The topological polar surface area (TPSA) is 55.3 Å². The number of carbonyl (C=O) groups excluding carboxylic acids is 1. The molecule has 2 aromatic rings. The van der Waals surface area contributed by atoms with Crippen molar-refractivity contribution < 1.29 is 13.9 Å². The second kappa shape index (κ2) is 6.62. The summed E-state index contributed by atoms with van der Waals surface area (Å²) in [6, 6.07) is 5.23. The summed E-state index contributed by atoms with van der Waals surface area (Å²) in [6.45, 7) is 3.00. The summed E-state index contributed by atoms with van der Waals surface area (Å²) in [5, 5.41) is 3.88. The van der Waals surface area contributed by atoms with Gasteiger partial charge >= 0.3 is 0 Å². The molecule has 3 rings (SSSR count). The van der Waals surface area contributed by atoms with Crippen LogP contribution in [0, 0.1) is 12.7 Å². The van der Waals surface area contributed by atoms with E-state index in [1.807, 2.05) is 0 Å². The molecule has 1 aromatic carbocycles. The molecule has 2 heterocycles. The van der Waals surface area contributed by atoms with E-state index >= 15 is 0 Å². The van der Waals surface area contributed by atoms with Gasteiger partial charge in [0.15, 0.2) is 11.6 Å². The summed E-state index contributed by atoms with van der Waals surface area (Å²) >= 11 is 1.13. The van der Waals surface area contributed by atoms with Crippen LogP contribution in [-0.2, 0) is 0 Å². The Kier molecular flexibility index (Phi) is 4.56. The van der Waals surface area contributed by atoms with Gasteiger partial charge in [0.25, 0.3) is 5.91 Å². The molecule has 0 unspecified atom stereocenters. The molecular weight excluding hydrogens is 317 g/mol. The molecule has 0 saturated carbocycles. The maximum Gasteiger partial charge on any atom is 0.267 e. The molecule has 1 aliphatic heterocycles. The molecule has 1 aromatic heterocycles. The molecule has 1 aliphatic rings. The molecule has 1 fully saturated rings. The molecule has 0 bridgehead atoms. The van der Waals surface area contributed by atoms with Crippen LogP contribution in [0.3, 0.4) is 0 Å². The van der Waals surface area contributed by atoms with E-state index in [-0.39, 0.29) is 23.4 Å². The van der Waals surface area contributed by atoms with Crippen LogP contribution in [-0.4, -0.2) is 40.6 Å². The van der Waals surface area contributed by atoms with Crippen molar-refractivity contribution in [3.8, 4) is 5.75 Å². The van der Waals surface area contributed by atoms with Gasteiger partial charge in [-0.2, -0.15) is 0 Å². The van der Waals surface area contributed by atoms with E-state index in [1.165, 1.54) is 7.11 Å². The first-order valence-electron chi connectivity index (χ1n) is 7.52. The predicted octanol–water partition coefficient (Wildman–Crippen LogP) is 3.01. The van der Waals surface area contributed by atoms with Crippen molar-refractivity contribution in [2.24, 2.45) is 0 Å². The quantitative estimate of drug-likeness (QED) is 0.865. The highest BCUT2D eigenvalue weighted by atomic mass is 32.1.